The number of Topliss-reactive ketones (excluding diaryl/α,β-unsaturated/α-hetero) is 1. The van der Waals surface area contributed by atoms with E-state index in [4.69, 9.17) is 5.11 Å². The maximum Gasteiger partial charge on any atom is 0.222 e. The molecule has 1 amide bonds. The van der Waals surface area contributed by atoms with Crippen molar-refractivity contribution in [3.05, 3.63) is 11.8 Å². The van der Waals surface area contributed by atoms with E-state index in [0.29, 0.717) is 24.8 Å². The summed E-state index contributed by atoms with van der Waals surface area (Å²) in [5, 5.41) is 9.02. The van der Waals surface area contributed by atoms with Crippen molar-refractivity contribution >= 4 is 11.7 Å². The summed E-state index contributed by atoms with van der Waals surface area (Å²) in [4.78, 5) is 25.5. The summed E-state index contributed by atoms with van der Waals surface area (Å²) < 4.78 is 0. The van der Waals surface area contributed by atoms with Crippen molar-refractivity contribution in [3.63, 3.8) is 0 Å². The number of hydrogen-bond acceptors (Lipinski definition) is 3. The number of aliphatic hydroxyl groups is 1. The standard InChI is InChI=1S/C12H17NO3/c1-12-6-5-10(15)13(2)9(12)4-3-8(7-14)11(12)16/h7,9,14H,3-6H2,1-2H3/b8-7+/t9-,12+/m1/s1. The Morgan fingerprint density at radius 1 is 1.44 bits per heavy atom. The second kappa shape index (κ2) is 3.61. The molecule has 2 atom stereocenters. The van der Waals surface area contributed by atoms with Gasteiger partial charge in [-0.15, -0.1) is 0 Å². The fourth-order valence-electron chi connectivity index (χ4n) is 2.98. The summed E-state index contributed by atoms with van der Waals surface area (Å²) >= 11 is 0. The zero-order valence-electron chi connectivity index (χ0n) is 9.69. The number of nitrogens with zero attached hydrogens (tertiary/aromatic N) is 1. The quantitative estimate of drug-likeness (QED) is 0.499. The number of aliphatic hydroxyl groups excluding tert-OH is 1. The van der Waals surface area contributed by atoms with E-state index in [2.05, 4.69) is 0 Å². The average Bonchev–Trinajstić information content (AvgIpc) is 2.27. The van der Waals surface area contributed by atoms with E-state index in [0.717, 1.165) is 12.7 Å². The van der Waals surface area contributed by atoms with Gasteiger partial charge in [-0.25, -0.2) is 0 Å². The molecule has 1 N–H and O–H groups in total. The number of rotatable bonds is 0. The lowest BCUT2D eigenvalue weighted by Crippen LogP contribution is -2.57. The van der Waals surface area contributed by atoms with E-state index in [1.54, 1.807) is 11.9 Å². The smallest absolute Gasteiger partial charge is 0.222 e. The van der Waals surface area contributed by atoms with Crippen LogP contribution in [0.15, 0.2) is 11.8 Å². The number of ketones is 1. The van der Waals surface area contributed by atoms with Crippen LogP contribution in [0.5, 0.6) is 0 Å². The van der Waals surface area contributed by atoms with Crippen molar-refractivity contribution in [2.24, 2.45) is 5.41 Å². The molecule has 0 aromatic heterocycles. The van der Waals surface area contributed by atoms with Gasteiger partial charge in [0, 0.05) is 25.1 Å². The molecule has 1 aliphatic carbocycles. The van der Waals surface area contributed by atoms with Crippen LogP contribution in [0.2, 0.25) is 0 Å². The van der Waals surface area contributed by atoms with Gasteiger partial charge in [-0.05, 0) is 19.3 Å². The predicted octanol–water partition coefficient (Wildman–Crippen LogP) is 1.42. The van der Waals surface area contributed by atoms with Crippen LogP contribution in [0, 0.1) is 5.41 Å². The molecule has 0 bridgehead atoms. The third kappa shape index (κ3) is 1.36. The van der Waals surface area contributed by atoms with Crippen molar-refractivity contribution in [3.8, 4) is 0 Å². The summed E-state index contributed by atoms with van der Waals surface area (Å²) in [5.41, 5.74) is -0.00310. The summed E-state index contributed by atoms with van der Waals surface area (Å²) in [6.45, 7) is 1.91. The predicted molar refractivity (Wildman–Crippen MR) is 58.9 cm³/mol. The zero-order valence-corrected chi connectivity index (χ0v) is 9.69. The molecular formula is C12H17NO3. The van der Waals surface area contributed by atoms with Gasteiger partial charge in [0.25, 0.3) is 0 Å². The first-order valence-corrected chi connectivity index (χ1v) is 5.64. The Kier molecular flexibility index (Phi) is 2.52. The molecule has 1 saturated carbocycles. The lowest BCUT2D eigenvalue weighted by molar-refractivity contribution is -0.147. The van der Waals surface area contributed by atoms with Gasteiger partial charge >= 0.3 is 0 Å². The molecule has 0 aromatic rings. The first-order valence-electron chi connectivity index (χ1n) is 5.64. The average molecular weight is 223 g/mol. The zero-order chi connectivity index (χ0) is 11.9. The van der Waals surface area contributed by atoms with Crippen LogP contribution in [0.3, 0.4) is 0 Å². The van der Waals surface area contributed by atoms with Gasteiger partial charge in [0.05, 0.1) is 11.7 Å². The van der Waals surface area contributed by atoms with Gasteiger partial charge < -0.3 is 10.0 Å². The van der Waals surface area contributed by atoms with Crippen LogP contribution in [0.1, 0.15) is 32.6 Å². The third-order valence-electron chi connectivity index (χ3n) is 4.11. The van der Waals surface area contributed by atoms with Gasteiger partial charge in [-0.2, -0.15) is 0 Å². The summed E-state index contributed by atoms with van der Waals surface area (Å²) in [6.07, 6.45) is 3.27. The largest absolute Gasteiger partial charge is 0.515 e. The van der Waals surface area contributed by atoms with E-state index in [-0.39, 0.29) is 17.7 Å². The summed E-state index contributed by atoms with van der Waals surface area (Å²) in [5.74, 6) is 0.123. The van der Waals surface area contributed by atoms with E-state index >= 15 is 0 Å². The highest BCUT2D eigenvalue weighted by Gasteiger charge is 2.50. The van der Waals surface area contributed by atoms with E-state index < -0.39 is 5.41 Å². The van der Waals surface area contributed by atoms with Gasteiger partial charge in [0.2, 0.25) is 5.91 Å². The highest BCUT2D eigenvalue weighted by molar-refractivity contribution is 6.02. The monoisotopic (exact) mass is 223 g/mol. The van der Waals surface area contributed by atoms with Crippen LogP contribution in [0.25, 0.3) is 0 Å². The molecule has 0 radical (unpaired) electrons. The highest BCUT2D eigenvalue weighted by atomic mass is 16.2. The molecule has 2 aliphatic rings. The summed E-state index contributed by atoms with van der Waals surface area (Å²) in [7, 11) is 1.77. The van der Waals surface area contributed by atoms with Gasteiger partial charge in [-0.1, -0.05) is 6.92 Å². The van der Waals surface area contributed by atoms with Crippen molar-refractivity contribution in [2.75, 3.05) is 7.05 Å². The SMILES string of the molecule is CN1C(=O)CC[C@]2(C)C(=O)/C(=C/O)CC[C@@H]12. The number of carbonyl (C=O) groups excluding carboxylic acids is 2. The third-order valence-corrected chi connectivity index (χ3v) is 4.11. The van der Waals surface area contributed by atoms with E-state index in [9.17, 15) is 9.59 Å². The Morgan fingerprint density at radius 2 is 2.12 bits per heavy atom. The lowest BCUT2D eigenvalue weighted by atomic mass is 9.64. The molecule has 2 rings (SSSR count). The van der Waals surface area contributed by atoms with Crippen molar-refractivity contribution in [1.29, 1.82) is 0 Å². The van der Waals surface area contributed by atoms with Gasteiger partial charge in [0.15, 0.2) is 5.78 Å². The molecule has 2 fully saturated rings. The maximum absolute atomic E-state index is 12.2. The lowest BCUT2D eigenvalue weighted by Gasteiger charge is -2.48. The topological polar surface area (TPSA) is 57.6 Å². The molecule has 1 saturated heterocycles. The molecule has 4 heteroatoms. The number of fused-ring (bicyclic) bond motifs is 1. The van der Waals surface area contributed by atoms with Gasteiger partial charge in [0.1, 0.15) is 0 Å². The molecule has 0 spiro atoms. The number of piperidine rings is 1. The molecule has 4 nitrogen and oxygen atoms in total. The minimum absolute atomic E-state index is 0.00519. The first kappa shape index (κ1) is 11.2. The molecule has 16 heavy (non-hydrogen) atoms. The Balaban J connectivity index is 2.35. The van der Waals surface area contributed by atoms with Crippen LogP contribution in [-0.2, 0) is 9.59 Å². The van der Waals surface area contributed by atoms with Crippen LogP contribution >= 0.6 is 0 Å². The van der Waals surface area contributed by atoms with Gasteiger partial charge in [-0.3, -0.25) is 9.59 Å². The molecule has 0 unspecified atom stereocenters. The second-order valence-electron chi connectivity index (χ2n) is 4.96. The Labute approximate surface area is 94.9 Å². The van der Waals surface area contributed by atoms with E-state index in [1.165, 1.54) is 0 Å². The number of hydrogen-bond donors (Lipinski definition) is 1. The number of amides is 1. The minimum atomic E-state index is -0.504. The number of likely N-dealkylation sites (tertiary alicyclic amines) is 1. The van der Waals surface area contributed by atoms with Crippen molar-refractivity contribution in [2.45, 2.75) is 38.6 Å². The van der Waals surface area contributed by atoms with Crippen LogP contribution in [0.4, 0.5) is 0 Å². The minimum Gasteiger partial charge on any atom is -0.515 e. The molecule has 1 heterocycles. The van der Waals surface area contributed by atoms with E-state index in [1.807, 2.05) is 6.92 Å². The van der Waals surface area contributed by atoms with Crippen LogP contribution < -0.4 is 0 Å². The second-order valence-corrected chi connectivity index (χ2v) is 4.96. The summed E-state index contributed by atoms with van der Waals surface area (Å²) in [6, 6.07) is -0.00931. The maximum atomic E-state index is 12.2. The molecule has 88 valence electrons. The highest BCUT2D eigenvalue weighted by Crippen LogP contribution is 2.44. The Hall–Kier alpha value is -1.32. The normalized spacial score (nSPS) is 37.8. The first-order chi connectivity index (χ1) is 7.50. The fraction of sp³-hybridized carbons (Fsp3) is 0.667. The molecule has 1 aliphatic heterocycles. The fourth-order valence-corrected chi connectivity index (χ4v) is 2.98. The molecular weight excluding hydrogens is 206 g/mol. The van der Waals surface area contributed by atoms with Crippen molar-refractivity contribution in [1.82, 2.24) is 4.90 Å². The molecule has 0 aromatic carbocycles. The Bertz CT molecular complexity index is 374. The number of carbonyl (C=O) groups is 2. The Morgan fingerprint density at radius 3 is 2.75 bits per heavy atom. The van der Waals surface area contributed by atoms with Crippen molar-refractivity contribution < 1.29 is 14.7 Å². The number of allylic oxidation sites excluding steroid dienone is 1. The van der Waals surface area contributed by atoms with Crippen LogP contribution in [-0.4, -0.2) is 34.8 Å².